The molecule has 144 valence electrons. The number of rotatable bonds is 11. The lowest BCUT2D eigenvalue weighted by molar-refractivity contribution is -0.133. The largest absolute Gasteiger partial charge is 0.378 e. The fraction of sp³-hybridized carbons (Fsp3) is 0.571. The summed E-state index contributed by atoms with van der Waals surface area (Å²) in [4.78, 5) is 14.4. The van der Waals surface area contributed by atoms with E-state index in [2.05, 4.69) is 11.9 Å². The molecule has 5 heteroatoms. The molecule has 0 saturated carbocycles. The van der Waals surface area contributed by atoms with E-state index in [-0.39, 0.29) is 5.91 Å². The summed E-state index contributed by atoms with van der Waals surface area (Å²) < 4.78 is 5.97. The predicted octanol–water partition coefficient (Wildman–Crippen LogP) is 3.84. The summed E-state index contributed by atoms with van der Waals surface area (Å²) >= 11 is 5.89. The third-order valence-electron chi connectivity index (χ3n) is 4.69. The molecule has 26 heavy (non-hydrogen) atoms. The Morgan fingerprint density at radius 2 is 1.96 bits per heavy atom. The molecule has 0 bridgehead atoms. The molecule has 1 heterocycles. The summed E-state index contributed by atoms with van der Waals surface area (Å²) in [7, 11) is 0. The number of carbonyl (C=O) groups excluding carboxylic acids is 1. The van der Waals surface area contributed by atoms with Gasteiger partial charge in [0, 0.05) is 24.7 Å². The van der Waals surface area contributed by atoms with E-state index >= 15 is 0 Å². The molecule has 0 aromatic heterocycles. The van der Waals surface area contributed by atoms with Crippen molar-refractivity contribution in [2.24, 2.45) is 0 Å². The molecule has 1 aliphatic rings. The zero-order valence-electron chi connectivity index (χ0n) is 15.6. The Morgan fingerprint density at radius 3 is 2.65 bits per heavy atom. The van der Waals surface area contributed by atoms with Crippen LogP contribution in [0.3, 0.4) is 0 Å². The van der Waals surface area contributed by atoms with Crippen molar-refractivity contribution in [2.45, 2.75) is 44.6 Å². The van der Waals surface area contributed by atoms with Crippen LogP contribution in [0.25, 0.3) is 0 Å². The lowest BCUT2D eigenvalue weighted by atomic mass is 10.1. The van der Waals surface area contributed by atoms with E-state index in [1.165, 1.54) is 0 Å². The van der Waals surface area contributed by atoms with Gasteiger partial charge in [0.25, 0.3) is 0 Å². The molecule has 0 aliphatic carbocycles. The maximum atomic E-state index is 12.4. The molecule has 0 spiro atoms. The first-order chi connectivity index (χ1) is 12.7. The number of ether oxygens (including phenoxy) is 1. The van der Waals surface area contributed by atoms with Crippen LogP contribution in [-0.4, -0.2) is 49.7 Å². The fourth-order valence-corrected chi connectivity index (χ4v) is 3.22. The van der Waals surface area contributed by atoms with Gasteiger partial charge in [0.1, 0.15) is 0 Å². The highest BCUT2D eigenvalue weighted by Crippen LogP contribution is 2.16. The van der Waals surface area contributed by atoms with E-state index in [0.717, 1.165) is 70.5 Å². The third-order valence-corrected chi connectivity index (χ3v) is 4.94. The second-order valence-electron chi connectivity index (χ2n) is 6.79. The third kappa shape index (κ3) is 7.90. The zero-order valence-corrected chi connectivity index (χ0v) is 16.3. The normalized spacial score (nSPS) is 15.2. The van der Waals surface area contributed by atoms with Crippen LogP contribution in [-0.2, 0) is 16.0 Å². The molecule has 1 saturated heterocycles. The van der Waals surface area contributed by atoms with Crippen molar-refractivity contribution in [1.29, 1.82) is 0 Å². The van der Waals surface area contributed by atoms with Crippen molar-refractivity contribution in [2.75, 3.05) is 32.8 Å². The van der Waals surface area contributed by atoms with Gasteiger partial charge in [0.2, 0.25) is 5.91 Å². The van der Waals surface area contributed by atoms with Crippen LogP contribution in [0.2, 0.25) is 5.02 Å². The molecule has 1 fully saturated rings. The minimum absolute atomic E-state index is 0.191. The minimum atomic E-state index is 0.191. The summed E-state index contributed by atoms with van der Waals surface area (Å²) in [6, 6.07) is 7.50. The Morgan fingerprint density at radius 1 is 1.23 bits per heavy atom. The van der Waals surface area contributed by atoms with Crippen LogP contribution in [0, 0.1) is 0 Å². The first-order valence-corrected chi connectivity index (χ1v) is 10.0. The van der Waals surface area contributed by atoms with E-state index in [4.69, 9.17) is 16.3 Å². The number of likely N-dealkylation sites (tertiary alicyclic amines) is 1. The van der Waals surface area contributed by atoms with Crippen molar-refractivity contribution in [3.8, 4) is 0 Å². The number of amides is 1. The molecular weight excluding hydrogens is 348 g/mol. The average molecular weight is 379 g/mol. The van der Waals surface area contributed by atoms with Crippen LogP contribution < -0.4 is 5.32 Å². The number of unbranched alkanes of at least 4 members (excludes halogenated alkanes) is 1. The summed E-state index contributed by atoms with van der Waals surface area (Å²) in [5.74, 6) is 0.191. The smallest absolute Gasteiger partial charge is 0.226 e. The summed E-state index contributed by atoms with van der Waals surface area (Å²) in [5, 5.41) is 4.09. The lowest BCUT2D eigenvalue weighted by Crippen LogP contribution is -2.41. The van der Waals surface area contributed by atoms with Crippen molar-refractivity contribution >= 4 is 17.5 Å². The van der Waals surface area contributed by atoms with Gasteiger partial charge >= 0.3 is 0 Å². The molecule has 1 amide bonds. The molecular formula is C21H31ClN2O2. The van der Waals surface area contributed by atoms with Gasteiger partial charge in [-0.1, -0.05) is 29.8 Å². The SMILES string of the molecule is C=CCCNCCCCOC1CCN(C(=O)Cc2ccc(Cl)cc2)CC1. The summed E-state index contributed by atoms with van der Waals surface area (Å²) in [6.45, 7) is 8.15. The molecule has 0 unspecified atom stereocenters. The number of benzene rings is 1. The number of halogens is 1. The molecule has 1 N–H and O–H groups in total. The van der Waals surface area contributed by atoms with Crippen molar-refractivity contribution in [3.05, 3.63) is 47.5 Å². The average Bonchev–Trinajstić information content (AvgIpc) is 2.66. The first-order valence-electron chi connectivity index (χ1n) is 9.64. The van der Waals surface area contributed by atoms with Crippen molar-refractivity contribution in [1.82, 2.24) is 10.2 Å². The van der Waals surface area contributed by atoms with Gasteiger partial charge in [0.15, 0.2) is 0 Å². The maximum Gasteiger partial charge on any atom is 0.226 e. The molecule has 0 atom stereocenters. The van der Waals surface area contributed by atoms with E-state index in [1.54, 1.807) is 0 Å². The van der Waals surface area contributed by atoms with Crippen molar-refractivity contribution in [3.63, 3.8) is 0 Å². The molecule has 4 nitrogen and oxygen atoms in total. The van der Waals surface area contributed by atoms with Gasteiger partial charge in [0.05, 0.1) is 12.5 Å². The molecule has 1 aromatic rings. The van der Waals surface area contributed by atoms with Crippen LogP contribution in [0.4, 0.5) is 0 Å². The topological polar surface area (TPSA) is 41.6 Å². The van der Waals surface area contributed by atoms with Gasteiger partial charge in [-0.3, -0.25) is 4.79 Å². The highest BCUT2D eigenvalue weighted by Gasteiger charge is 2.23. The highest BCUT2D eigenvalue weighted by atomic mass is 35.5. The predicted molar refractivity (Wildman–Crippen MR) is 108 cm³/mol. The van der Waals surface area contributed by atoms with E-state index in [9.17, 15) is 4.79 Å². The summed E-state index contributed by atoms with van der Waals surface area (Å²) in [5.41, 5.74) is 1.01. The molecule has 0 radical (unpaired) electrons. The first kappa shape index (κ1) is 20.9. The van der Waals surface area contributed by atoms with E-state index in [0.29, 0.717) is 17.5 Å². The van der Waals surface area contributed by atoms with Crippen molar-refractivity contribution < 1.29 is 9.53 Å². The number of hydrogen-bond acceptors (Lipinski definition) is 3. The molecule has 2 rings (SSSR count). The Kier molecular flexibility index (Phi) is 9.75. The van der Waals surface area contributed by atoms with Crippen LogP contribution in [0.5, 0.6) is 0 Å². The number of carbonyl (C=O) groups is 1. The minimum Gasteiger partial charge on any atom is -0.378 e. The van der Waals surface area contributed by atoms with Crippen LogP contribution in [0.15, 0.2) is 36.9 Å². The Labute approximate surface area is 162 Å². The zero-order chi connectivity index (χ0) is 18.6. The van der Waals surface area contributed by atoms with Gasteiger partial charge in [-0.05, 0) is 62.9 Å². The monoisotopic (exact) mass is 378 g/mol. The fourth-order valence-electron chi connectivity index (χ4n) is 3.09. The Balaban J connectivity index is 1.55. The van der Waals surface area contributed by atoms with Gasteiger partial charge < -0.3 is 15.0 Å². The number of nitrogens with one attached hydrogen (secondary N) is 1. The standard InChI is InChI=1S/C21H31ClN2O2/c1-2-3-12-23-13-4-5-16-26-20-10-14-24(15-11-20)21(25)17-18-6-8-19(22)9-7-18/h2,6-9,20,23H,1,3-5,10-17H2. The van der Waals surface area contributed by atoms with E-state index in [1.807, 2.05) is 35.2 Å². The summed E-state index contributed by atoms with van der Waals surface area (Å²) in [6.07, 6.45) is 7.78. The van der Waals surface area contributed by atoms with Gasteiger partial charge in [-0.2, -0.15) is 0 Å². The van der Waals surface area contributed by atoms with Crippen LogP contribution in [0.1, 0.15) is 37.7 Å². The van der Waals surface area contributed by atoms with Crippen LogP contribution >= 0.6 is 11.6 Å². The molecule has 1 aromatic carbocycles. The van der Waals surface area contributed by atoms with Gasteiger partial charge in [-0.15, -0.1) is 6.58 Å². The lowest BCUT2D eigenvalue weighted by Gasteiger charge is -2.32. The van der Waals surface area contributed by atoms with Gasteiger partial charge in [-0.25, -0.2) is 0 Å². The quantitative estimate of drug-likeness (QED) is 0.470. The number of piperidine rings is 1. The number of nitrogens with zero attached hydrogens (tertiary/aromatic N) is 1. The second-order valence-corrected chi connectivity index (χ2v) is 7.23. The Hall–Kier alpha value is -1.36. The van der Waals surface area contributed by atoms with E-state index < -0.39 is 0 Å². The second kappa shape index (κ2) is 12.1. The maximum absolute atomic E-state index is 12.4. The number of hydrogen-bond donors (Lipinski definition) is 1. The Bertz CT molecular complexity index is 539. The highest BCUT2D eigenvalue weighted by molar-refractivity contribution is 6.30. The molecule has 1 aliphatic heterocycles.